The predicted molar refractivity (Wildman–Crippen MR) is 43.1 cm³/mol. The van der Waals surface area contributed by atoms with Gasteiger partial charge in [0.05, 0.1) is 0 Å². The lowest BCUT2D eigenvalue weighted by Crippen LogP contribution is -1.94. The van der Waals surface area contributed by atoms with E-state index in [0.717, 1.165) is 6.08 Å². The Morgan fingerprint density at radius 2 is 1.58 bits per heavy atom. The normalized spacial score (nSPS) is 12.8. The van der Waals surface area contributed by atoms with Gasteiger partial charge in [-0.05, 0) is 6.08 Å². The predicted octanol–water partition coefficient (Wildman–Crippen LogP) is 1.40. The Hall–Kier alpha value is -1.00. The number of allylic oxidation sites excluding steroid dienone is 2. The second kappa shape index (κ2) is 4.79. The largest absolute Gasteiger partial charge is 0.478 e. The summed E-state index contributed by atoms with van der Waals surface area (Å²) in [5.74, 6) is -2.64. The monoisotopic (exact) mass is 210 g/mol. The van der Waals surface area contributed by atoms with Gasteiger partial charge in [-0.1, -0.05) is 23.2 Å². The van der Waals surface area contributed by atoms with Crippen molar-refractivity contribution in [2.24, 2.45) is 0 Å². The van der Waals surface area contributed by atoms with Crippen molar-refractivity contribution in [2.75, 3.05) is 0 Å². The molecule has 2 N–H and O–H groups in total. The number of halogens is 2. The van der Waals surface area contributed by atoms with E-state index in [1.165, 1.54) is 0 Å². The number of hydrogen-bond acceptors (Lipinski definition) is 2. The second-order valence-corrected chi connectivity index (χ2v) is 2.51. The molecule has 0 aliphatic carbocycles. The molecule has 0 fully saturated rings. The summed E-state index contributed by atoms with van der Waals surface area (Å²) in [5, 5.41) is 15.6. The fourth-order valence-electron chi connectivity index (χ4n) is 0.342. The third-order valence-corrected chi connectivity index (χ3v) is 1.22. The quantitative estimate of drug-likeness (QED) is 0.546. The van der Waals surface area contributed by atoms with Crippen molar-refractivity contribution in [2.45, 2.75) is 0 Å². The minimum Gasteiger partial charge on any atom is -0.478 e. The molecule has 0 saturated carbocycles. The first-order chi connectivity index (χ1) is 5.43. The Bertz CT molecular complexity index is 267. The van der Waals surface area contributed by atoms with Crippen LogP contribution in [0.4, 0.5) is 0 Å². The number of aliphatic carboxylic acids is 2. The van der Waals surface area contributed by atoms with Crippen LogP contribution in [-0.4, -0.2) is 22.2 Å². The molecule has 0 aliphatic rings. The summed E-state index contributed by atoms with van der Waals surface area (Å²) in [5.41, 5.74) is 0. The highest BCUT2D eigenvalue weighted by Gasteiger charge is 2.03. The summed E-state index contributed by atoms with van der Waals surface area (Å²) in [4.78, 5) is 20.1. The van der Waals surface area contributed by atoms with Crippen LogP contribution in [0.25, 0.3) is 0 Å². The van der Waals surface area contributed by atoms with E-state index < -0.39 is 17.0 Å². The number of carboxylic acids is 2. The summed E-state index contributed by atoms with van der Waals surface area (Å²) in [7, 11) is 0. The van der Waals surface area contributed by atoms with E-state index in [0.29, 0.717) is 6.08 Å². The van der Waals surface area contributed by atoms with Gasteiger partial charge in [0.15, 0.2) is 0 Å². The highest BCUT2D eigenvalue weighted by Crippen LogP contribution is 2.10. The third kappa shape index (κ3) is 4.76. The second-order valence-electron chi connectivity index (χ2n) is 1.66. The van der Waals surface area contributed by atoms with E-state index in [4.69, 9.17) is 33.4 Å². The summed E-state index contributed by atoms with van der Waals surface area (Å²) in [6.45, 7) is 0. The van der Waals surface area contributed by atoms with E-state index in [1.807, 2.05) is 0 Å². The van der Waals surface area contributed by atoms with Gasteiger partial charge in [-0.3, -0.25) is 0 Å². The molecule has 6 heteroatoms. The summed E-state index contributed by atoms with van der Waals surface area (Å²) >= 11 is 10.4. The molecule has 0 aromatic rings. The Balaban J connectivity index is 4.54. The first kappa shape index (κ1) is 11.0. The van der Waals surface area contributed by atoms with Crippen molar-refractivity contribution in [3.8, 4) is 0 Å². The van der Waals surface area contributed by atoms with Crippen LogP contribution in [0.2, 0.25) is 0 Å². The summed E-state index contributed by atoms with van der Waals surface area (Å²) < 4.78 is 0. The number of carboxylic acid groups (broad SMARTS) is 2. The molecule has 0 aromatic carbocycles. The fourth-order valence-corrected chi connectivity index (χ4v) is 0.718. The maximum atomic E-state index is 10.1. The molecule has 0 rings (SSSR count). The number of hydrogen-bond donors (Lipinski definition) is 2. The molecule has 0 spiro atoms. The van der Waals surface area contributed by atoms with Crippen molar-refractivity contribution in [1.82, 2.24) is 0 Å². The molecule has 0 amide bonds. The van der Waals surface area contributed by atoms with Crippen molar-refractivity contribution in [3.05, 3.63) is 22.2 Å². The van der Waals surface area contributed by atoms with E-state index in [-0.39, 0.29) is 5.03 Å². The fraction of sp³-hybridized carbons (Fsp3) is 0. The molecule has 4 nitrogen and oxygen atoms in total. The molecule has 0 aromatic heterocycles. The van der Waals surface area contributed by atoms with Gasteiger partial charge in [0, 0.05) is 11.1 Å². The summed E-state index contributed by atoms with van der Waals surface area (Å²) in [6, 6.07) is 0. The minimum atomic E-state index is -1.37. The van der Waals surface area contributed by atoms with Gasteiger partial charge in [0.25, 0.3) is 0 Å². The highest BCUT2D eigenvalue weighted by molar-refractivity contribution is 6.42. The summed E-state index contributed by atoms with van der Waals surface area (Å²) in [6.07, 6.45) is 1.46. The van der Waals surface area contributed by atoms with Gasteiger partial charge in [-0.2, -0.15) is 0 Å². The van der Waals surface area contributed by atoms with Crippen molar-refractivity contribution in [1.29, 1.82) is 0 Å². The van der Waals surface area contributed by atoms with Gasteiger partial charge in [0.1, 0.15) is 5.03 Å². The molecule has 0 heterocycles. The van der Waals surface area contributed by atoms with Gasteiger partial charge in [-0.25, -0.2) is 9.59 Å². The lowest BCUT2D eigenvalue weighted by Gasteiger charge is -1.88. The molecule has 0 radical (unpaired) electrons. The van der Waals surface area contributed by atoms with Crippen LogP contribution in [0, 0.1) is 0 Å². The van der Waals surface area contributed by atoms with Crippen molar-refractivity contribution < 1.29 is 19.8 Å². The molecule has 0 aliphatic heterocycles. The zero-order valence-electron chi connectivity index (χ0n) is 5.62. The SMILES string of the molecule is O=C(O)C=C(Cl)C=C(Cl)C(=O)O. The maximum absolute atomic E-state index is 10.1. The third-order valence-electron chi connectivity index (χ3n) is 0.730. The molecular weight excluding hydrogens is 207 g/mol. The zero-order chi connectivity index (χ0) is 9.72. The van der Waals surface area contributed by atoms with Crippen LogP contribution in [0.3, 0.4) is 0 Å². The van der Waals surface area contributed by atoms with Crippen molar-refractivity contribution in [3.63, 3.8) is 0 Å². The minimum absolute atomic E-state index is 0.255. The van der Waals surface area contributed by atoms with Crippen LogP contribution in [0.5, 0.6) is 0 Å². The van der Waals surface area contributed by atoms with Crippen LogP contribution < -0.4 is 0 Å². The zero-order valence-corrected chi connectivity index (χ0v) is 7.13. The number of rotatable bonds is 3. The Morgan fingerprint density at radius 3 is 1.92 bits per heavy atom. The average Bonchev–Trinajstić information content (AvgIpc) is 1.84. The first-order valence-corrected chi connectivity index (χ1v) is 3.39. The Morgan fingerprint density at radius 1 is 1.08 bits per heavy atom. The standard InChI is InChI=1S/C6H4Cl2O4/c7-3(2-5(9)10)1-4(8)6(11)12/h1-2H,(H,9,10)(H,11,12). The molecule has 0 saturated heterocycles. The van der Waals surface area contributed by atoms with Crippen molar-refractivity contribution >= 4 is 35.1 Å². The molecular formula is C6H4Cl2O4. The maximum Gasteiger partial charge on any atom is 0.347 e. The van der Waals surface area contributed by atoms with E-state index in [2.05, 4.69) is 0 Å². The molecule has 12 heavy (non-hydrogen) atoms. The average molecular weight is 211 g/mol. The highest BCUT2D eigenvalue weighted by atomic mass is 35.5. The molecule has 0 unspecified atom stereocenters. The topological polar surface area (TPSA) is 74.6 Å². The lowest BCUT2D eigenvalue weighted by molar-refractivity contribution is -0.132. The van der Waals surface area contributed by atoms with Crippen LogP contribution in [0.15, 0.2) is 22.2 Å². The lowest BCUT2D eigenvalue weighted by atomic mass is 10.4. The van der Waals surface area contributed by atoms with Crippen LogP contribution >= 0.6 is 23.2 Å². The van der Waals surface area contributed by atoms with Gasteiger partial charge >= 0.3 is 11.9 Å². The van der Waals surface area contributed by atoms with Gasteiger partial charge in [-0.15, -0.1) is 0 Å². The Labute approximate surface area is 77.7 Å². The molecule has 66 valence electrons. The van der Waals surface area contributed by atoms with E-state index in [1.54, 1.807) is 0 Å². The van der Waals surface area contributed by atoms with E-state index in [9.17, 15) is 9.59 Å². The molecule has 0 bridgehead atoms. The van der Waals surface area contributed by atoms with E-state index >= 15 is 0 Å². The van der Waals surface area contributed by atoms with Crippen LogP contribution in [-0.2, 0) is 9.59 Å². The van der Waals surface area contributed by atoms with Crippen LogP contribution in [0.1, 0.15) is 0 Å². The van der Waals surface area contributed by atoms with Gasteiger partial charge in [0.2, 0.25) is 0 Å². The number of carbonyl (C=O) groups is 2. The van der Waals surface area contributed by atoms with Gasteiger partial charge < -0.3 is 10.2 Å². The Kier molecular flexibility index (Phi) is 4.39. The first-order valence-electron chi connectivity index (χ1n) is 2.64. The molecule has 0 atom stereocenters. The smallest absolute Gasteiger partial charge is 0.347 e.